The molecule has 2 N–H and O–H groups in total. The number of rotatable bonds is 8. The Morgan fingerprint density at radius 1 is 1.17 bits per heavy atom. The number of piperazine rings is 1. The van der Waals surface area contributed by atoms with Crippen LogP contribution in [0.4, 0.5) is 0 Å². The van der Waals surface area contributed by atoms with Crippen molar-refractivity contribution in [3.8, 4) is 0 Å². The third-order valence-corrected chi connectivity index (χ3v) is 7.94. The highest BCUT2D eigenvalue weighted by Gasteiger charge is 2.66. The van der Waals surface area contributed by atoms with Gasteiger partial charge in [-0.2, -0.15) is 0 Å². The van der Waals surface area contributed by atoms with E-state index in [9.17, 15) is 4.79 Å². The molecule has 5 heteroatoms. The number of carbonyl (C=O) groups excluding carboxylic acids is 1. The maximum Gasteiger partial charge on any atom is 0.240 e. The zero-order chi connectivity index (χ0) is 21.2. The van der Waals surface area contributed by atoms with Crippen molar-refractivity contribution in [2.24, 2.45) is 22.2 Å². The third-order valence-electron chi connectivity index (χ3n) is 7.94. The fourth-order valence-electron chi connectivity index (χ4n) is 7.23. The van der Waals surface area contributed by atoms with Crippen molar-refractivity contribution in [2.45, 2.75) is 52.4 Å². The molecule has 1 amide bonds. The summed E-state index contributed by atoms with van der Waals surface area (Å²) in [4.78, 5) is 13.7. The van der Waals surface area contributed by atoms with Crippen LogP contribution >= 0.6 is 0 Å². The standard InChI is InChI=1S/C25H39N3O2/c1-4-6-7-8-20(3)24-14-21-13-23(16-24,19-30-5-2)17-25(15-21,18-24)22(29)27-28-11-9-26-10-12-28/h4,6-8,21,26H,3,5,9-19H2,1-2H3,(H,27,29)/b6-4-,8-7-/t21?,23-,24+,25?/m0/s1. The molecule has 0 radical (unpaired) electrons. The Balaban J connectivity index is 1.62. The second kappa shape index (κ2) is 8.60. The fourth-order valence-corrected chi connectivity index (χ4v) is 7.23. The minimum absolute atomic E-state index is 0.0232. The normalized spacial score (nSPS) is 38.5. The number of ether oxygens (including phenoxy) is 1. The van der Waals surface area contributed by atoms with Crippen molar-refractivity contribution in [3.05, 3.63) is 36.5 Å². The molecule has 5 nitrogen and oxygen atoms in total. The Labute approximate surface area is 182 Å². The molecule has 0 aromatic rings. The maximum absolute atomic E-state index is 13.7. The lowest BCUT2D eigenvalue weighted by molar-refractivity contribution is -0.183. The summed E-state index contributed by atoms with van der Waals surface area (Å²) in [7, 11) is 0. The number of nitrogens with one attached hydrogen (secondary N) is 2. The summed E-state index contributed by atoms with van der Waals surface area (Å²) in [5.74, 6) is 0.825. The van der Waals surface area contributed by atoms with Crippen LogP contribution in [0.25, 0.3) is 0 Å². The smallest absolute Gasteiger partial charge is 0.240 e. The molecule has 0 aromatic heterocycles. The number of allylic oxidation sites excluding steroid dienone is 5. The Morgan fingerprint density at radius 3 is 2.63 bits per heavy atom. The second-order valence-electron chi connectivity index (χ2n) is 10.3. The van der Waals surface area contributed by atoms with Crippen LogP contribution < -0.4 is 10.7 Å². The number of hydrogen-bond acceptors (Lipinski definition) is 4. The maximum atomic E-state index is 13.7. The third kappa shape index (κ3) is 4.04. The van der Waals surface area contributed by atoms with Gasteiger partial charge in [0.25, 0.3) is 0 Å². The summed E-state index contributed by atoms with van der Waals surface area (Å²) in [6, 6.07) is 0. The molecule has 5 rings (SSSR count). The predicted octanol–water partition coefficient (Wildman–Crippen LogP) is 3.60. The summed E-state index contributed by atoms with van der Waals surface area (Å²) in [5.41, 5.74) is 4.35. The minimum Gasteiger partial charge on any atom is -0.381 e. The highest BCUT2D eigenvalue weighted by molar-refractivity contribution is 5.83. The Hall–Kier alpha value is -1.43. The van der Waals surface area contributed by atoms with Crippen LogP contribution in [0, 0.1) is 22.2 Å². The lowest BCUT2D eigenvalue weighted by Gasteiger charge is -2.66. The quantitative estimate of drug-likeness (QED) is 0.597. The van der Waals surface area contributed by atoms with E-state index in [1.54, 1.807) is 0 Å². The van der Waals surface area contributed by atoms with E-state index in [0.29, 0.717) is 5.92 Å². The van der Waals surface area contributed by atoms with Gasteiger partial charge in [-0.05, 0) is 74.7 Å². The van der Waals surface area contributed by atoms with Crippen molar-refractivity contribution in [2.75, 3.05) is 39.4 Å². The van der Waals surface area contributed by atoms with E-state index in [0.717, 1.165) is 65.1 Å². The van der Waals surface area contributed by atoms with Crippen molar-refractivity contribution >= 4 is 5.91 Å². The first-order valence-electron chi connectivity index (χ1n) is 11.8. The van der Waals surface area contributed by atoms with E-state index >= 15 is 0 Å². The van der Waals surface area contributed by atoms with Gasteiger partial charge in [0, 0.05) is 32.8 Å². The fraction of sp³-hybridized carbons (Fsp3) is 0.720. The molecule has 1 aliphatic heterocycles. The molecule has 4 atom stereocenters. The molecule has 30 heavy (non-hydrogen) atoms. The van der Waals surface area contributed by atoms with Gasteiger partial charge in [-0.25, -0.2) is 5.01 Å². The highest BCUT2D eigenvalue weighted by atomic mass is 16.5. The van der Waals surface area contributed by atoms with E-state index < -0.39 is 0 Å². The largest absolute Gasteiger partial charge is 0.381 e. The number of amides is 1. The van der Waals surface area contributed by atoms with Crippen LogP contribution in [-0.4, -0.2) is 50.3 Å². The van der Waals surface area contributed by atoms with Gasteiger partial charge < -0.3 is 10.1 Å². The predicted molar refractivity (Wildman–Crippen MR) is 121 cm³/mol. The first kappa shape index (κ1) is 21.8. The summed E-state index contributed by atoms with van der Waals surface area (Å²) in [6.07, 6.45) is 14.8. The van der Waals surface area contributed by atoms with Gasteiger partial charge in [-0.15, -0.1) is 0 Å². The van der Waals surface area contributed by atoms with Crippen molar-refractivity contribution in [1.29, 1.82) is 0 Å². The van der Waals surface area contributed by atoms with Crippen LogP contribution in [0.5, 0.6) is 0 Å². The summed E-state index contributed by atoms with van der Waals surface area (Å²) < 4.78 is 6.01. The number of hydrazine groups is 1. The Morgan fingerprint density at radius 2 is 1.90 bits per heavy atom. The summed E-state index contributed by atoms with van der Waals surface area (Å²) in [6.45, 7) is 13.7. The first-order valence-corrected chi connectivity index (χ1v) is 11.8. The molecule has 4 aliphatic carbocycles. The molecule has 0 aromatic carbocycles. The van der Waals surface area contributed by atoms with Crippen LogP contribution in [0.2, 0.25) is 0 Å². The van der Waals surface area contributed by atoms with Gasteiger partial charge in [-0.1, -0.05) is 30.9 Å². The minimum atomic E-state index is -0.293. The van der Waals surface area contributed by atoms with Gasteiger partial charge in [0.05, 0.1) is 12.0 Å². The van der Waals surface area contributed by atoms with Gasteiger partial charge in [0.15, 0.2) is 0 Å². The molecular weight excluding hydrogens is 374 g/mol. The van der Waals surface area contributed by atoms with Gasteiger partial charge in [-0.3, -0.25) is 10.2 Å². The van der Waals surface area contributed by atoms with Gasteiger partial charge >= 0.3 is 0 Å². The average Bonchev–Trinajstić information content (AvgIpc) is 2.72. The topological polar surface area (TPSA) is 53.6 Å². The molecule has 1 heterocycles. The molecule has 166 valence electrons. The van der Waals surface area contributed by atoms with E-state index in [-0.39, 0.29) is 22.2 Å². The highest BCUT2D eigenvalue weighted by Crippen LogP contribution is 2.71. The van der Waals surface area contributed by atoms with Crippen LogP contribution in [0.15, 0.2) is 36.5 Å². The number of carbonyl (C=O) groups is 1. The Kier molecular flexibility index (Phi) is 6.25. The lowest BCUT2D eigenvalue weighted by atomic mass is 9.38. The molecule has 2 unspecified atom stereocenters. The molecule has 0 spiro atoms. The molecule has 5 aliphatic rings. The van der Waals surface area contributed by atoms with Gasteiger partial charge in [0.2, 0.25) is 5.91 Å². The average molecular weight is 414 g/mol. The van der Waals surface area contributed by atoms with E-state index in [1.165, 1.54) is 18.4 Å². The van der Waals surface area contributed by atoms with Crippen LogP contribution in [0.1, 0.15) is 52.4 Å². The number of nitrogens with zero attached hydrogens (tertiary/aromatic N) is 1. The van der Waals surface area contributed by atoms with E-state index in [1.807, 2.05) is 13.0 Å². The van der Waals surface area contributed by atoms with Crippen molar-refractivity contribution in [3.63, 3.8) is 0 Å². The summed E-state index contributed by atoms with van der Waals surface area (Å²) in [5, 5.41) is 5.47. The Bertz CT molecular complexity index is 726. The molecule has 1 saturated heterocycles. The molecule has 4 bridgehead atoms. The van der Waals surface area contributed by atoms with E-state index in [2.05, 4.69) is 47.5 Å². The summed E-state index contributed by atoms with van der Waals surface area (Å²) >= 11 is 0. The van der Waals surface area contributed by atoms with Gasteiger partial charge in [0.1, 0.15) is 0 Å². The van der Waals surface area contributed by atoms with Crippen molar-refractivity contribution in [1.82, 2.24) is 15.8 Å². The monoisotopic (exact) mass is 413 g/mol. The second-order valence-corrected chi connectivity index (χ2v) is 10.3. The van der Waals surface area contributed by atoms with Crippen molar-refractivity contribution < 1.29 is 9.53 Å². The van der Waals surface area contributed by atoms with Crippen LogP contribution in [-0.2, 0) is 9.53 Å². The zero-order valence-electron chi connectivity index (χ0n) is 18.8. The van der Waals surface area contributed by atoms with Crippen LogP contribution in [0.3, 0.4) is 0 Å². The zero-order valence-corrected chi connectivity index (χ0v) is 18.8. The number of hydrogen-bond donors (Lipinski definition) is 2. The molecule has 5 fully saturated rings. The van der Waals surface area contributed by atoms with E-state index in [4.69, 9.17) is 4.74 Å². The molecular formula is C25H39N3O2. The SMILES string of the molecule is C=C(/C=C\C=C/C)[C@]12CC3CC(C(=O)NN4CCNCC4)(C[C@](COCC)(C3)C1)C2. The first-order chi connectivity index (χ1) is 14.4. The molecule has 4 saturated carbocycles. The lowest BCUT2D eigenvalue weighted by Crippen LogP contribution is -2.64.